The van der Waals surface area contributed by atoms with Crippen molar-refractivity contribution in [1.29, 1.82) is 0 Å². The first-order valence-electron chi connectivity index (χ1n) is 4.60. The van der Waals surface area contributed by atoms with Gasteiger partial charge in [0, 0.05) is 4.32 Å². The molecule has 62 valence electrons. The highest BCUT2D eigenvalue weighted by Crippen LogP contribution is 3.09. The fourth-order valence-corrected chi connectivity index (χ4v) is 7.73. The van der Waals surface area contributed by atoms with Crippen LogP contribution in [-0.2, 0) is 4.79 Å². The number of carboxylic acids is 1. The van der Waals surface area contributed by atoms with Gasteiger partial charge >= 0.3 is 5.97 Å². The zero-order valence-electron chi connectivity index (χ0n) is 6.20. The van der Waals surface area contributed by atoms with Crippen molar-refractivity contribution in [1.82, 2.24) is 0 Å². The molecule has 4 atom stereocenters. The van der Waals surface area contributed by atoms with Crippen molar-refractivity contribution in [3.05, 3.63) is 0 Å². The molecule has 0 bridgehead atoms. The molecule has 0 saturated heterocycles. The highest BCUT2D eigenvalue weighted by Gasteiger charge is 3.12. The molecule has 0 aromatic heterocycles. The molecule has 6 saturated carbocycles. The molecular formula is C9H7BrO2. The number of rotatable bonds is 1. The van der Waals surface area contributed by atoms with Crippen molar-refractivity contribution in [2.45, 2.75) is 4.32 Å². The van der Waals surface area contributed by atoms with Crippen molar-refractivity contribution < 1.29 is 9.90 Å². The van der Waals surface area contributed by atoms with Crippen molar-refractivity contribution in [2.75, 3.05) is 0 Å². The van der Waals surface area contributed by atoms with E-state index in [0.717, 1.165) is 23.7 Å². The molecule has 6 aliphatic carbocycles. The van der Waals surface area contributed by atoms with E-state index in [0.29, 0.717) is 11.8 Å². The van der Waals surface area contributed by atoms with Gasteiger partial charge in [-0.15, -0.1) is 0 Å². The fraction of sp³-hybridized carbons (Fsp3) is 0.889. The van der Waals surface area contributed by atoms with Gasteiger partial charge in [-0.2, -0.15) is 0 Å². The number of halogens is 1. The van der Waals surface area contributed by atoms with Crippen LogP contribution in [0.5, 0.6) is 0 Å². The predicted molar refractivity (Wildman–Crippen MR) is 42.7 cm³/mol. The summed E-state index contributed by atoms with van der Waals surface area (Å²) in [4.78, 5) is 11.2. The van der Waals surface area contributed by atoms with E-state index in [9.17, 15) is 9.90 Å². The monoisotopic (exact) mass is 226 g/mol. The average molecular weight is 227 g/mol. The summed E-state index contributed by atoms with van der Waals surface area (Å²) < 4.78 is 0.0978. The number of aliphatic carboxylic acids is 1. The van der Waals surface area contributed by atoms with E-state index in [2.05, 4.69) is 15.9 Å². The maximum atomic E-state index is 11.2. The predicted octanol–water partition coefficient (Wildman–Crippen LogP) is 0.956. The third-order valence-electron chi connectivity index (χ3n) is 5.89. The van der Waals surface area contributed by atoms with Gasteiger partial charge in [0.1, 0.15) is 0 Å². The lowest BCUT2D eigenvalue weighted by Gasteiger charge is -3.09. The minimum absolute atomic E-state index is 0.0978. The first-order chi connectivity index (χ1) is 5.68. The Labute approximate surface area is 77.5 Å². The minimum atomic E-state index is -0.517. The smallest absolute Gasteiger partial charge is 0.311 e. The molecule has 2 nitrogen and oxygen atoms in total. The van der Waals surface area contributed by atoms with Gasteiger partial charge in [0.25, 0.3) is 0 Å². The Morgan fingerprint density at radius 1 is 1.17 bits per heavy atom. The molecule has 0 spiro atoms. The lowest BCUT2D eigenvalue weighted by Crippen LogP contribution is -3.13. The van der Waals surface area contributed by atoms with E-state index in [-0.39, 0.29) is 9.74 Å². The van der Waals surface area contributed by atoms with Crippen LogP contribution in [-0.4, -0.2) is 15.4 Å². The van der Waals surface area contributed by atoms with Gasteiger partial charge in [-0.25, -0.2) is 0 Å². The molecule has 6 fully saturated rings. The summed E-state index contributed by atoms with van der Waals surface area (Å²) in [5, 5.41) is 9.20. The molecule has 0 aliphatic heterocycles. The van der Waals surface area contributed by atoms with Gasteiger partial charge in [0.15, 0.2) is 0 Å². The SMILES string of the molecule is O=C(O)C12C3C4C5C3C1(Br)C5C42. The Hall–Kier alpha value is -0.0500. The third kappa shape index (κ3) is 0.178. The molecule has 6 rings (SSSR count). The summed E-state index contributed by atoms with van der Waals surface area (Å²) in [5.74, 6) is 4.03. The Morgan fingerprint density at radius 3 is 2.00 bits per heavy atom. The molecule has 0 aromatic carbocycles. The minimum Gasteiger partial charge on any atom is -0.481 e. The summed E-state index contributed by atoms with van der Waals surface area (Å²) in [6.45, 7) is 0. The number of carbonyl (C=O) groups is 1. The molecular weight excluding hydrogens is 220 g/mol. The van der Waals surface area contributed by atoms with Gasteiger partial charge < -0.3 is 5.11 Å². The second-order valence-electron chi connectivity index (χ2n) is 5.20. The van der Waals surface area contributed by atoms with Crippen LogP contribution in [0.4, 0.5) is 0 Å². The van der Waals surface area contributed by atoms with E-state index in [4.69, 9.17) is 0 Å². The second-order valence-corrected chi connectivity index (χ2v) is 6.51. The van der Waals surface area contributed by atoms with Gasteiger partial charge in [-0.3, -0.25) is 4.79 Å². The Kier molecular flexibility index (Phi) is 0.469. The number of hydrogen-bond acceptors (Lipinski definition) is 1. The molecule has 0 amide bonds. The molecule has 3 heteroatoms. The molecule has 6 aliphatic rings. The van der Waals surface area contributed by atoms with E-state index in [1.165, 1.54) is 0 Å². The summed E-state index contributed by atoms with van der Waals surface area (Å²) in [7, 11) is 0. The van der Waals surface area contributed by atoms with Crippen LogP contribution in [0.15, 0.2) is 0 Å². The Morgan fingerprint density at radius 2 is 1.67 bits per heavy atom. The molecule has 4 unspecified atom stereocenters. The van der Waals surface area contributed by atoms with Crippen LogP contribution in [0.2, 0.25) is 0 Å². The van der Waals surface area contributed by atoms with Crippen molar-refractivity contribution in [2.24, 2.45) is 40.9 Å². The zero-order chi connectivity index (χ0) is 8.04. The van der Waals surface area contributed by atoms with E-state index >= 15 is 0 Å². The quantitative estimate of drug-likeness (QED) is 0.677. The first-order valence-corrected chi connectivity index (χ1v) is 5.40. The Balaban J connectivity index is 1.80. The highest BCUT2D eigenvalue weighted by atomic mass is 79.9. The van der Waals surface area contributed by atoms with Gasteiger partial charge in [-0.1, -0.05) is 15.9 Å². The van der Waals surface area contributed by atoms with Crippen LogP contribution in [0.25, 0.3) is 0 Å². The topological polar surface area (TPSA) is 37.3 Å². The van der Waals surface area contributed by atoms with Crippen molar-refractivity contribution in [3.63, 3.8) is 0 Å². The lowest BCUT2D eigenvalue weighted by atomic mass is 8.96. The molecule has 0 aromatic rings. The second kappa shape index (κ2) is 0.999. The Bertz CT molecular complexity index is 357. The molecule has 1 N–H and O–H groups in total. The molecule has 0 heterocycles. The third-order valence-corrected chi connectivity index (χ3v) is 7.60. The standard InChI is InChI=1S/C9H7BrO2/c10-9-5-2-1-3(5)8(9,7(11)12)4(1)6(2)9/h1-6H,(H,11,12). The molecule has 0 radical (unpaired) electrons. The number of alkyl halides is 1. The van der Waals surface area contributed by atoms with Crippen LogP contribution in [0.1, 0.15) is 0 Å². The van der Waals surface area contributed by atoms with Gasteiger partial charge in [0.2, 0.25) is 0 Å². The summed E-state index contributed by atoms with van der Waals surface area (Å²) in [6, 6.07) is 0. The normalized spacial score (nSPS) is 88.1. The lowest BCUT2D eigenvalue weighted by molar-refractivity contribution is -0.576. The number of hydrogen-bond donors (Lipinski definition) is 1. The van der Waals surface area contributed by atoms with Gasteiger partial charge in [0.05, 0.1) is 5.41 Å². The van der Waals surface area contributed by atoms with E-state index < -0.39 is 5.97 Å². The summed E-state index contributed by atoms with van der Waals surface area (Å²) in [5.41, 5.74) is -0.262. The summed E-state index contributed by atoms with van der Waals surface area (Å²) >= 11 is 3.70. The number of carboxylic acid groups (broad SMARTS) is 1. The zero-order valence-corrected chi connectivity index (χ0v) is 7.78. The van der Waals surface area contributed by atoms with Crippen LogP contribution in [0.3, 0.4) is 0 Å². The summed E-state index contributed by atoms with van der Waals surface area (Å²) in [6.07, 6.45) is 0. The van der Waals surface area contributed by atoms with Gasteiger partial charge in [-0.05, 0) is 35.5 Å². The maximum absolute atomic E-state index is 11.2. The highest BCUT2D eigenvalue weighted by molar-refractivity contribution is 9.10. The van der Waals surface area contributed by atoms with Crippen molar-refractivity contribution in [3.8, 4) is 0 Å². The largest absolute Gasteiger partial charge is 0.481 e. The van der Waals surface area contributed by atoms with E-state index in [1.807, 2.05) is 0 Å². The fourth-order valence-electron chi connectivity index (χ4n) is 5.85. The molecule has 12 heavy (non-hydrogen) atoms. The maximum Gasteiger partial charge on any atom is 0.311 e. The van der Waals surface area contributed by atoms with Crippen LogP contribution >= 0.6 is 15.9 Å². The van der Waals surface area contributed by atoms with Crippen LogP contribution < -0.4 is 0 Å². The first kappa shape index (κ1) is 5.63. The average Bonchev–Trinajstić information content (AvgIpc) is 2.03. The van der Waals surface area contributed by atoms with Crippen molar-refractivity contribution >= 4 is 21.9 Å². The van der Waals surface area contributed by atoms with E-state index in [1.54, 1.807) is 0 Å². The van der Waals surface area contributed by atoms with Crippen LogP contribution in [0, 0.1) is 40.9 Å².